The fourth-order valence-electron chi connectivity index (χ4n) is 3.85. The summed E-state index contributed by atoms with van der Waals surface area (Å²) in [5.74, 6) is 1.27. The highest BCUT2D eigenvalue weighted by molar-refractivity contribution is 7.89. The molecule has 4 aromatic rings. The van der Waals surface area contributed by atoms with E-state index in [4.69, 9.17) is 27.1 Å². The molecule has 0 aliphatic heterocycles. The summed E-state index contributed by atoms with van der Waals surface area (Å²) < 4.78 is 35.0. The number of unbranched alkanes of at least 4 members (excludes halogenated alkanes) is 1. The zero-order valence-corrected chi connectivity index (χ0v) is 19.9. The van der Waals surface area contributed by atoms with Gasteiger partial charge in [0.2, 0.25) is 10.0 Å². The van der Waals surface area contributed by atoms with Crippen LogP contribution in [0.3, 0.4) is 0 Å². The first kappa shape index (κ1) is 23.4. The highest BCUT2D eigenvalue weighted by Gasteiger charge is 2.17. The van der Waals surface area contributed by atoms with Crippen molar-refractivity contribution in [2.24, 2.45) is 0 Å². The Balaban J connectivity index is 1.52. The normalized spacial score (nSPS) is 12.1. The van der Waals surface area contributed by atoms with E-state index in [2.05, 4.69) is 14.3 Å². The number of rotatable bonds is 10. The number of ether oxygens (including phenoxy) is 1. The Morgan fingerprint density at radius 2 is 1.94 bits per heavy atom. The fourth-order valence-corrected chi connectivity index (χ4v) is 5.22. The maximum absolute atomic E-state index is 12.5. The van der Waals surface area contributed by atoms with Gasteiger partial charge < -0.3 is 15.0 Å². The van der Waals surface area contributed by atoms with E-state index >= 15 is 0 Å². The fraction of sp³-hybridized carbons (Fsp3) is 0.304. The van der Waals surface area contributed by atoms with Crippen molar-refractivity contribution in [2.75, 3.05) is 26.0 Å². The van der Waals surface area contributed by atoms with Gasteiger partial charge in [0.1, 0.15) is 11.3 Å². The van der Waals surface area contributed by atoms with Gasteiger partial charge in [-0.3, -0.25) is 0 Å². The molecule has 0 bridgehead atoms. The van der Waals surface area contributed by atoms with E-state index in [1.807, 2.05) is 24.3 Å². The van der Waals surface area contributed by atoms with Gasteiger partial charge >= 0.3 is 0 Å². The predicted octanol–water partition coefficient (Wildman–Crippen LogP) is 3.77. The van der Waals surface area contributed by atoms with Gasteiger partial charge in [-0.05, 0) is 37.1 Å². The third kappa shape index (κ3) is 5.11. The van der Waals surface area contributed by atoms with Gasteiger partial charge in [-0.25, -0.2) is 23.1 Å². The second-order valence-electron chi connectivity index (χ2n) is 7.70. The third-order valence-electron chi connectivity index (χ3n) is 5.43. The number of nitrogens with zero attached hydrogens (tertiary/aromatic N) is 3. The Morgan fingerprint density at radius 3 is 2.73 bits per heavy atom. The summed E-state index contributed by atoms with van der Waals surface area (Å²) in [5.41, 5.74) is 8.66. The molecule has 2 aromatic heterocycles. The molecule has 10 heteroatoms. The molecule has 2 heterocycles. The van der Waals surface area contributed by atoms with Crippen LogP contribution in [0.5, 0.6) is 0 Å². The molecule has 0 aliphatic carbocycles. The number of pyridine rings is 1. The van der Waals surface area contributed by atoms with Gasteiger partial charge in [-0.2, -0.15) is 0 Å². The number of para-hydroxylation sites is 1. The summed E-state index contributed by atoms with van der Waals surface area (Å²) in [4.78, 5) is 9.41. The van der Waals surface area contributed by atoms with Crippen LogP contribution in [-0.4, -0.2) is 43.2 Å². The molecular weight excluding hydrogens is 462 g/mol. The molecule has 0 unspecified atom stereocenters. The van der Waals surface area contributed by atoms with Crippen LogP contribution >= 0.6 is 11.6 Å². The molecule has 2 aromatic carbocycles. The molecule has 8 nitrogen and oxygen atoms in total. The number of benzene rings is 2. The van der Waals surface area contributed by atoms with Gasteiger partial charge in [0.05, 0.1) is 22.5 Å². The second-order valence-corrected chi connectivity index (χ2v) is 9.90. The van der Waals surface area contributed by atoms with Crippen LogP contribution in [0.25, 0.3) is 21.9 Å². The quantitative estimate of drug-likeness (QED) is 0.329. The number of hydrogen-bond acceptors (Lipinski definition) is 6. The highest BCUT2D eigenvalue weighted by Crippen LogP contribution is 2.29. The van der Waals surface area contributed by atoms with Crippen LogP contribution in [0.15, 0.2) is 53.4 Å². The number of imidazole rings is 1. The number of aryl methyl sites for hydroxylation is 1. The Morgan fingerprint density at radius 1 is 1.12 bits per heavy atom. The molecular formula is C23H26ClN5O3S. The van der Waals surface area contributed by atoms with Crippen molar-refractivity contribution >= 4 is 49.4 Å². The lowest BCUT2D eigenvalue weighted by molar-refractivity contribution is 0.199. The number of hydrogen-bond donors (Lipinski definition) is 2. The van der Waals surface area contributed by atoms with Gasteiger partial charge in [0.25, 0.3) is 0 Å². The lowest BCUT2D eigenvalue weighted by Gasteiger charge is -2.11. The summed E-state index contributed by atoms with van der Waals surface area (Å²) in [6.45, 7) is 1.52. The largest absolute Gasteiger partial charge is 0.384 e. The van der Waals surface area contributed by atoms with Crippen molar-refractivity contribution < 1.29 is 13.2 Å². The van der Waals surface area contributed by atoms with E-state index in [9.17, 15) is 8.42 Å². The molecule has 0 atom stereocenters. The van der Waals surface area contributed by atoms with Crippen LogP contribution in [-0.2, 0) is 27.7 Å². The van der Waals surface area contributed by atoms with E-state index in [-0.39, 0.29) is 4.90 Å². The Bertz CT molecular complexity index is 1390. The van der Waals surface area contributed by atoms with Crippen LogP contribution in [0, 0.1) is 0 Å². The number of sulfonamides is 1. The molecule has 0 saturated carbocycles. The molecule has 0 saturated heterocycles. The number of fused-ring (bicyclic) bond motifs is 3. The standard InChI is InChI=1S/C23H26ClN5O3S/c1-32-14-11-20-28-21-22(18-9-2-3-10-19(18)27-23(21)25)29(20)13-5-4-12-26-33(30,31)17-8-6-7-16(24)15-17/h2-3,6-10,15,26H,4-5,11-14H2,1H3,(H2,25,27). The van der Waals surface area contributed by atoms with Crippen molar-refractivity contribution in [3.8, 4) is 0 Å². The number of nitrogens with one attached hydrogen (secondary N) is 1. The third-order valence-corrected chi connectivity index (χ3v) is 7.12. The molecule has 0 radical (unpaired) electrons. The van der Waals surface area contributed by atoms with E-state index in [0.29, 0.717) is 48.9 Å². The van der Waals surface area contributed by atoms with E-state index in [0.717, 1.165) is 28.7 Å². The summed E-state index contributed by atoms with van der Waals surface area (Å²) in [6.07, 6.45) is 2.04. The van der Waals surface area contributed by atoms with Crippen molar-refractivity contribution in [2.45, 2.75) is 30.7 Å². The Labute approximate surface area is 197 Å². The second kappa shape index (κ2) is 10.0. The number of halogens is 1. The van der Waals surface area contributed by atoms with Crippen LogP contribution in [0.2, 0.25) is 5.02 Å². The maximum atomic E-state index is 12.5. The average Bonchev–Trinajstić information content (AvgIpc) is 3.17. The van der Waals surface area contributed by atoms with E-state index < -0.39 is 10.0 Å². The Hall–Kier alpha value is -2.72. The van der Waals surface area contributed by atoms with Crippen LogP contribution in [0.1, 0.15) is 18.7 Å². The van der Waals surface area contributed by atoms with Crippen LogP contribution < -0.4 is 10.5 Å². The molecule has 0 aliphatic rings. The SMILES string of the molecule is COCCc1nc2c(N)nc3ccccc3c2n1CCCCNS(=O)(=O)c1cccc(Cl)c1. The highest BCUT2D eigenvalue weighted by atomic mass is 35.5. The molecule has 33 heavy (non-hydrogen) atoms. The van der Waals surface area contributed by atoms with Crippen molar-refractivity contribution in [3.05, 3.63) is 59.4 Å². The molecule has 0 spiro atoms. The predicted molar refractivity (Wildman–Crippen MR) is 131 cm³/mol. The number of nitrogen functional groups attached to an aromatic ring is 1. The van der Waals surface area contributed by atoms with Gasteiger partial charge in [0.15, 0.2) is 5.82 Å². The number of anilines is 1. The molecule has 174 valence electrons. The summed E-state index contributed by atoms with van der Waals surface area (Å²) >= 11 is 5.92. The minimum atomic E-state index is -3.60. The summed E-state index contributed by atoms with van der Waals surface area (Å²) in [5, 5.41) is 1.37. The lowest BCUT2D eigenvalue weighted by atomic mass is 10.2. The molecule has 0 fully saturated rings. The van der Waals surface area contributed by atoms with Gasteiger partial charge in [-0.15, -0.1) is 0 Å². The maximum Gasteiger partial charge on any atom is 0.240 e. The number of nitrogens with two attached hydrogens (primary N) is 1. The molecule has 0 amide bonds. The summed E-state index contributed by atoms with van der Waals surface area (Å²) in [7, 11) is -1.94. The topological polar surface area (TPSA) is 112 Å². The average molecular weight is 488 g/mol. The number of methoxy groups -OCH3 is 1. The smallest absolute Gasteiger partial charge is 0.240 e. The molecule has 4 rings (SSSR count). The summed E-state index contributed by atoms with van der Waals surface area (Å²) in [6, 6.07) is 14.1. The Kier molecular flexibility index (Phi) is 7.14. The zero-order chi connectivity index (χ0) is 23.4. The van der Waals surface area contributed by atoms with E-state index in [1.165, 1.54) is 12.1 Å². The van der Waals surface area contributed by atoms with Crippen molar-refractivity contribution in [1.82, 2.24) is 19.3 Å². The lowest BCUT2D eigenvalue weighted by Crippen LogP contribution is -2.25. The van der Waals surface area contributed by atoms with Crippen LogP contribution in [0.4, 0.5) is 5.82 Å². The van der Waals surface area contributed by atoms with E-state index in [1.54, 1.807) is 19.2 Å². The first-order chi connectivity index (χ1) is 15.9. The molecule has 3 N–H and O–H groups in total. The van der Waals surface area contributed by atoms with Gasteiger partial charge in [-0.1, -0.05) is 35.9 Å². The van der Waals surface area contributed by atoms with Crippen molar-refractivity contribution in [3.63, 3.8) is 0 Å². The van der Waals surface area contributed by atoms with Crippen molar-refractivity contribution in [1.29, 1.82) is 0 Å². The first-order valence-electron chi connectivity index (χ1n) is 10.7. The first-order valence-corrected chi connectivity index (χ1v) is 12.5. The minimum Gasteiger partial charge on any atom is -0.384 e. The zero-order valence-electron chi connectivity index (χ0n) is 18.3. The number of aromatic nitrogens is 3. The van der Waals surface area contributed by atoms with Gasteiger partial charge in [0, 0.05) is 37.0 Å². The minimum absolute atomic E-state index is 0.159. The monoisotopic (exact) mass is 487 g/mol.